The van der Waals surface area contributed by atoms with Crippen LogP contribution in [0.4, 0.5) is 0 Å². The Morgan fingerprint density at radius 1 is 0.739 bits per heavy atom. The standard InChI is InChI=1S/C16H32N6O/c17-4-6-19-8-10-21-12-14-2-1-3-16(23)15(14)13-22-11-9-20-7-5-18/h1-3,19-23H,4-13,17-18H2. The van der Waals surface area contributed by atoms with Gasteiger partial charge in [0.05, 0.1) is 0 Å². The van der Waals surface area contributed by atoms with Crippen molar-refractivity contribution in [3.63, 3.8) is 0 Å². The summed E-state index contributed by atoms with van der Waals surface area (Å²) in [6.07, 6.45) is 0. The molecule has 0 fully saturated rings. The summed E-state index contributed by atoms with van der Waals surface area (Å²) in [5, 5.41) is 23.3. The highest BCUT2D eigenvalue weighted by Crippen LogP contribution is 2.20. The van der Waals surface area contributed by atoms with Crippen molar-refractivity contribution in [2.45, 2.75) is 13.1 Å². The monoisotopic (exact) mass is 324 g/mol. The van der Waals surface area contributed by atoms with Crippen molar-refractivity contribution in [2.24, 2.45) is 11.5 Å². The molecule has 0 unspecified atom stereocenters. The fourth-order valence-corrected chi connectivity index (χ4v) is 2.23. The zero-order chi connectivity index (χ0) is 16.8. The third-order valence-corrected chi connectivity index (χ3v) is 3.46. The molecule has 1 aromatic carbocycles. The number of hydrogen-bond donors (Lipinski definition) is 7. The molecule has 0 saturated heterocycles. The van der Waals surface area contributed by atoms with Crippen LogP contribution < -0.4 is 32.7 Å². The Bertz CT molecular complexity index is 416. The number of benzene rings is 1. The van der Waals surface area contributed by atoms with Gasteiger partial charge in [0.15, 0.2) is 0 Å². The van der Waals surface area contributed by atoms with Gasteiger partial charge in [0, 0.05) is 71.0 Å². The molecule has 132 valence electrons. The first-order chi connectivity index (χ1) is 11.3. The molecule has 9 N–H and O–H groups in total. The molecule has 0 saturated carbocycles. The smallest absolute Gasteiger partial charge is 0.120 e. The summed E-state index contributed by atoms with van der Waals surface area (Å²) >= 11 is 0. The summed E-state index contributed by atoms with van der Waals surface area (Å²) < 4.78 is 0. The molecule has 23 heavy (non-hydrogen) atoms. The lowest BCUT2D eigenvalue weighted by atomic mass is 10.1. The van der Waals surface area contributed by atoms with E-state index >= 15 is 0 Å². The number of nitrogens with two attached hydrogens (primary N) is 2. The summed E-state index contributed by atoms with van der Waals surface area (Å²) in [5.74, 6) is 0.341. The summed E-state index contributed by atoms with van der Waals surface area (Å²) in [4.78, 5) is 0. The van der Waals surface area contributed by atoms with E-state index in [1.807, 2.05) is 12.1 Å². The largest absolute Gasteiger partial charge is 0.508 e. The fraction of sp³-hybridized carbons (Fsp3) is 0.625. The van der Waals surface area contributed by atoms with Crippen molar-refractivity contribution in [1.29, 1.82) is 0 Å². The number of nitrogens with one attached hydrogen (secondary N) is 4. The minimum atomic E-state index is 0.341. The summed E-state index contributed by atoms with van der Waals surface area (Å²) in [6.45, 7) is 7.81. The number of phenols is 1. The maximum Gasteiger partial charge on any atom is 0.120 e. The molecule has 0 heterocycles. The van der Waals surface area contributed by atoms with Gasteiger partial charge < -0.3 is 37.8 Å². The van der Waals surface area contributed by atoms with Crippen molar-refractivity contribution in [1.82, 2.24) is 21.3 Å². The Kier molecular flexibility index (Phi) is 11.4. The van der Waals surface area contributed by atoms with E-state index in [9.17, 15) is 5.11 Å². The van der Waals surface area contributed by atoms with Crippen molar-refractivity contribution < 1.29 is 5.11 Å². The summed E-state index contributed by atoms with van der Waals surface area (Å²) in [7, 11) is 0. The van der Waals surface area contributed by atoms with Crippen molar-refractivity contribution in [3.8, 4) is 5.75 Å². The maximum absolute atomic E-state index is 10.1. The fourth-order valence-electron chi connectivity index (χ4n) is 2.23. The van der Waals surface area contributed by atoms with E-state index in [4.69, 9.17) is 11.5 Å². The molecule has 0 aliphatic heterocycles. The Labute approximate surface area is 139 Å². The summed E-state index contributed by atoms with van der Waals surface area (Å²) in [5.41, 5.74) is 12.9. The Balaban J connectivity index is 2.33. The second-order valence-corrected chi connectivity index (χ2v) is 5.35. The number of rotatable bonds is 14. The van der Waals surface area contributed by atoms with Crippen LogP contribution in [0.1, 0.15) is 11.1 Å². The molecule has 0 radical (unpaired) electrons. The molecule has 0 aromatic heterocycles. The van der Waals surface area contributed by atoms with Crippen LogP contribution in [0.25, 0.3) is 0 Å². The van der Waals surface area contributed by atoms with Gasteiger partial charge >= 0.3 is 0 Å². The number of phenolic OH excluding ortho intramolecular Hbond substituents is 1. The lowest BCUT2D eigenvalue weighted by Crippen LogP contribution is -2.31. The molecule has 0 aliphatic carbocycles. The zero-order valence-corrected chi connectivity index (χ0v) is 13.9. The van der Waals surface area contributed by atoms with Crippen molar-refractivity contribution >= 4 is 0 Å². The predicted molar refractivity (Wildman–Crippen MR) is 95.4 cm³/mol. The van der Waals surface area contributed by atoms with E-state index in [1.54, 1.807) is 6.07 Å². The van der Waals surface area contributed by atoms with E-state index in [1.165, 1.54) is 0 Å². The summed E-state index contributed by atoms with van der Waals surface area (Å²) in [6, 6.07) is 5.66. The van der Waals surface area contributed by atoms with Gasteiger partial charge in [-0.3, -0.25) is 0 Å². The highest BCUT2D eigenvalue weighted by Gasteiger charge is 2.07. The minimum Gasteiger partial charge on any atom is -0.508 e. The molecule has 0 aliphatic rings. The highest BCUT2D eigenvalue weighted by molar-refractivity contribution is 5.39. The molecule has 7 nitrogen and oxygen atoms in total. The maximum atomic E-state index is 10.1. The topological polar surface area (TPSA) is 120 Å². The van der Waals surface area contributed by atoms with E-state index in [0.29, 0.717) is 25.4 Å². The Morgan fingerprint density at radius 2 is 1.30 bits per heavy atom. The van der Waals surface area contributed by atoms with Crippen LogP contribution in [0.3, 0.4) is 0 Å². The quantitative estimate of drug-likeness (QED) is 0.212. The molecule has 1 aromatic rings. The van der Waals surface area contributed by atoms with Gasteiger partial charge in [-0.2, -0.15) is 0 Å². The Morgan fingerprint density at radius 3 is 1.91 bits per heavy atom. The first-order valence-corrected chi connectivity index (χ1v) is 8.32. The zero-order valence-electron chi connectivity index (χ0n) is 13.9. The van der Waals surface area contributed by atoms with E-state index in [2.05, 4.69) is 21.3 Å². The van der Waals surface area contributed by atoms with E-state index in [0.717, 1.165) is 56.9 Å². The highest BCUT2D eigenvalue weighted by atomic mass is 16.3. The molecular formula is C16H32N6O. The van der Waals surface area contributed by atoms with Gasteiger partial charge in [0.25, 0.3) is 0 Å². The van der Waals surface area contributed by atoms with Gasteiger partial charge in [0.1, 0.15) is 5.75 Å². The number of aromatic hydroxyl groups is 1. The molecule has 0 bridgehead atoms. The number of hydrogen-bond acceptors (Lipinski definition) is 7. The minimum absolute atomic E-state index is 0.341. The molecule has 1 rings (SSSR count). The molecule has 7 heteroatoms. The van der Waals surface area contributed by atoms with E-state index in [-0.39, 0.29) is 0 Å². The lowest BCUT2D eigenvalue weighted by Gasteiger charge is -2.14. The van der Waals surface area contributed by atoms with Gasteiger partial charge in [0.2, 0.25) is 0 Å². The predicted octanol–water partition coefficient (Wildman–Crippen LogP) is -1.33. The van der Waals surface area contributed by atoms with Crippen LogP contribution in [0.2, 0.25) is 0 Å². The van der Waals surface area contributed by atoms with Crippen molar-refractivity contribution in [2.75, 3.05) is 52.4 Å². The first kappa shape index (κ1) is 19.8. The third kappa shape index (κ3) is 8.85. The normalized spacial score (nSPS) is 11.0. The van der Waals surface area contributed by atoms with E-state index < -0.39 is 0 Å². The second-order valence-electron chi connectivity index (χ2n) is 5.35. The van der Waals surface area contributed by atoms with Crippen molar-refractivity contribution in [3.05, 3.63) is 29.3 Å². The van der Waals surface area contributed by atoms with Crippen LogP contribution in [0.5, 0.6) is 5.75 Å². The van der Waals surface area contributed by atoms with Crippen LogP contribution in [0.15, 0.2) is 18.2 Å². The Hall–Kier alpha value is -1.22. The third-order valence-electron chi connectivity index (χ3n) is 3.46. The molecule has 0 amide bonds. The average molecular weight is 324 g/mol. The van der Waals surface area contributed by atoms with Gasteiger partial charge in [-0.15, -0.1) is 0 Å². The molecule has 0 atom stereocenters. The first-order valence-electron chi connectivity index (χ1n) is 8.32. The van der Waals surface area contributed by atoms with Gasteiger partial charge in [-0.25, -0.2) is 0 Å². The molecule has 0 spiro atoms. The SMILES string of the molecule is NCCNCCNCc1cccc(O)c1CNCCNCCN. The van der Waals surface area contributed by atoms with Gasteiger partial charge in [-0.1, -0.05) is 12.1 Å². The van der Waals surface area contributed by atoms with Crippen LogP contribution in [-0.2, 0) is 13.1 Å². The molecular weight excluding hydrogens is 292 g/mol. The second kappa shape index (κ2) is 13.2. The van der Waals surface area contributed by atoms with Gasteiger partial charge in [-0.05, 0) is 11.6 Å². The van der Waals surface area contributed by atoms with Crippen LogP contribution in [-0.4, -0.2) is 57.5 Å². The van der Waals surface area contributed by atoms with Crippen LogP contribution in [0, 0.1) is 0 Å². The average Bonchev–Trinajstić information content (AvgIpc) is 2.56. The lowest BCUT2D eigenvalue weighted by molar-refractivity contribution is 0.461. The van der Waals surface area contributed by atoms with Crippen LogP contribution >= 0.6 is 0 Å².